The minimum atomic E-state index is 0.331. The topological polar surface area (TPSA) is 43.2 Å². The van der Waals surface area contributed by atoms with E-state index < -0.39 is 0 Å². The Morgan fingerprint density at radius 1 is 1.17 bits per heavy atom. The van der Waals surface area contributed by atoms with E-state index in [4.69, 9.17) is 14.8 Å². The van der Waals surface area contributed by atoms with E-state index in [9.17, 15) is 0 Å². The van der Waals surface area contributed by atoms with Crippen LogP contribution in [-0.4, -0.2) is 46.9 Å². The fraction of sp³-hybridized carbons (Fsp3) is 0.556. The predicted octanol–water partition coefficient (Wildman–Crippen LogP) is 3.21. The molecule has 0 radical (unpaired) electrons. The first kappa shape index (κ1) is 16.0. The van der Waals surface area contributed by atoms with Crippen molar-refractivity contribution in [3.8, 4) is 11.4 Å². The molecule has 0 saturated heterocycles. The number of rotatable bonds is 5. The van der Waals surface area contributed by atoms with Crippen LogP contribution in [0.4, 0.5) is 0 Å². The van der Waals surface area contributed by atoms with Crippen molar-refractivity contribution in [2.75, 3.05) is 21.2 Å². The van der Waals surface area contributed by atoms with Gasteiger partial charge >= 0.3 is 0 Å². The van der Waals surface area contributed by atoms with E-state index in [1.54, 1.807) is 7.11 Å². The molecule has 5 heteroatoms. The maximum absolute atomic E-state index is 5.25. The van der Waals surface area contributed by atoms with Gasteiger partial charge in [0.05, 0.1) is 12.8 Å². The molecule has 1 saturated carbocycles. The molecule has 124 valence electrons. The highest BCUT2D eigenvalue weighted by atomic mass is 16.5. The molecule has 3 rings (SSSR count). The summed E-state index contributed by atoms with van der Waals surface area (Å²) in [6.45, 7) is 4.28. The third-order valence-electron chi connectivity index (χ3n) is 4.69. The molecule has 1 aromatic carbocycles. The predicted molar refractivity (Wildman–Crippen MR) is 91.5 cm³/mol. The summed E-state index contributed by atoms with van der Waals surface area (Å²) in [7, 11) is 5.98. The smallest absolute Gasteiger partial charge is 0.153 e. The first-order valence-electron chi connectivity index (χ1n) is 8.27. The van der Waals surface area contributed by atoms with E-state index in [-0.39, 0.29) is 0 Å². The first-order valence-corrected chi connectivity index (χ1v) is 8.27. The average molecular weight is 314 g/mol. The van der Waals surface area contributed by atoms with Crippen LogP contribution in [0.5, 0.6) is 5.75 Å². The molecule has 1 heterocycles. The zero-order valence-electron chi connectivity index (χ0n) is 14.7. The summed E-state index contributed by atoms with van der Waals surface area (Å²) >= 11 is 0. The van der Waals surface area contributed by atoms with Crippen molar-refractivity contribution >= 4 is 0 Å². The van der Waals surface area contributed by atoms with Crippen molar-refractivity contribution in [1.82, 2.24) is 19.7 Å². The van der Waals surface area contributed by atoms with Crippen molar-refractivity contribution in [2.24, 2.45) is 0 Å². The number of hydrogen-bond donors (Lipinski definition) is 0. The van der Waals surface area contributed by atoms with Gasteiger partial charge < -0.3 is 9.64 Å². The second kappa shape index (κ2) is 6.32. The van der Waals surface area contributed by atoms with Crippen LogP contribution in [-0.2, 0) is 0 Å². The van der Waals surface area contributed by atoms with Crippen LogP contribution in [0.3, 0.4) is 0 Å². The highest BCUT2D eigenvalue weighted by Crippen LogP contribution is 2.39. The molecule has 1 aliphatic carbocycles. The second-order valence-electron chi connectivity index (χ2n) is 6.88. The van der Waals surface area contributed by atoms with Crippen molar-refractivity contribution in [1.29, 1.82) is 0 Å². The number of benzene rings is 1. The van der Waals surface area contributed by atoms with Gasteiger partial charge in [0.2, 0.25) is 0 Å². The molecule has 1 fully saturated rings. The summed E-state index contributed by atoms with van der Waals surface area (Å²) in [4.78, 5) is 7.15. The lowest BCUT2D eigenvalue weighted by atomic mass is 9.79. The lowest BCUT2D eigenvalue weighted by Gasteiger charge is -2.39. The third kappa shape index (κ3) is 3.11. The monoisotopic (exact) mass is 314 g/mol. The molecule has 5 nitrogen and oxygen atoms in total. The Balaban J connectivity index is 1.91. The Morgan fingerprint density at radius 3 is 2.35 bits per heavy atom. The Morgan fingerprint density at radius 2 is 1.83 bits per heavy atom. The van der Waals surface area contributed by atoms with Gasteiger partial charge in [-0.05, 0) is 51.2 Å². The highest BCUT2D eigenvalue weighted by molar-refractivity contribution is 5.38. The summed E-state index contributed by atoms with van der Waals surface area (Å²) < 4.78 is 7.27. The number of hydrogen-bond acceptors (Lipinski definition) is 4. The van der Waals surface area contributed by atoms with Gasteiger partial charge in [0.1, 0.15) is 11.6 Å². The van der Waals surface area contributed by atoms with Crippen LogP contribution < -0.4 is 4.74 Å². The van der Waals surface area contributed by atoms with E-state index in [0.29, 0.717) is 17.9 Å². The Labute approximate surface area is 138 Å². The normalized spacial score (nSPS) is 20.8. The standard InChI is InChI=1S/C18H26N4O/c1-12(2)17-19-18(13-10-15(11-13)21(3)4)22(20-17)14-6-8-16(23-5)9-7-14/h6-9,12-13,15H,10-11H2,1-5H3. The summed E-state index contributed by atoms with van der Waals surface area (Å²) in [5.41, 5.74) is 1.05. The van der Waals surface area contributed by atoms with E-state index in [1.165, 1.54) is 0 Å². The minimum Gasteiger partial charge on any atom is -0.497 e. The summed E-state index contributed by atoms with van der Waals surface area (Å²) in [5.74, 6) is 3.69. The summed E-state index contributed by atoms with van der Waals surface area (Å²) in [5, 5.41) is 4.76. The highest BCUT2D eigenvalue weighted by Gasteiger charge is 2.35. The van der Waals surface area contributed by atoms with E-state index >= 15 is 0 Å². The zero-order chi connectivity index (χ0) is 16.6. The second-order valence-corrected chi connectivity index (χ2v) is 6.88. The van der Waals surface area contributed by atoms with Gasteiger partial charge in [-0.3, -0.25) is 0 Å². The molecule has 0 atom stereocenters. The SMILES string of the molecule is COc1ccc(-n2nc(C(C)C)nc2C2CC(N(C)C)C2)cc1. The number of ether oxygens (including phenoxy) is 1. The molecule has 0 unspecified atom stereocenters. The van der Waals surface area contributed by atoms with Crippen LogP contribution in [0.2, 0.25) is 0 Å². The van der Waals surface area contributed by atoms with Gasteiger partial charge in [0.15, 0.2) is 5.82 Å². The van der Waals surface area contributed by atoms with Crippen molar-refractivity contribution in [2.45, 2.75) is 44.6 Å². The van der Waals surface area contributed by atoms with E-state index in [2.05, 4.69) is 32.8 Å². The summed E-state index contributed by atoms with van der Waals surface area (Å²) in [6, 6.07) is 8.69. The fourth-order valence-corrected chi connectivity index (χ4v) is 2.98. The largest absolute Gasteiger partial charge is 0.497 e. The Bertz CT molecular complexity index is 654. The van der Waals surface area contributed by atoms with Gasteiger partial charge in [-0.2, -0.15) is 5.10 Å². The van der Waals surface area contributed by atoms with Crippen LogP contribution in [0.25, 0.3) is 5.69 Å². The quantitative estimate of drug-likeness (QED) is 0.850. The fourth-order valence-electron chi connectivity index (χ4n) is 2.98. The Hall–Kier alpha value is -1.88. The molecule has 1 aromatic heterocycles. The van der Waals surface area contributed by atoms with Gasteiger partial charge in [-0.25, -0.2) is 9.67 Å². The molecule has 0 amide bonds. The van der Waals surface area contributed by atoms with E-state index in [0.717, 1.165) is 35.9 Å². The van der Waals surface area contributed by atoms with Crippen LogP contribution in [0, 0.1) is 0 Å². The molecular weight excluding hydrogens is 288 g/mol. The van der Waals surface area contributed by atoms with Crippen LogP contribution in [0.15, 0.2) is 24.3 Å². The van der Waals surface area contributed by atoms with Gasteiger partial charge in [0.25, 0.3) is 0 Å². The van der Waals surface area contributed by atoms with Crippen LogP contribution >= 0.6 is 0 Å². The molecule has 0 bridgehead atoms. The molecule has 23 heavy (non-hydrogen) atoms. The number of methoxy groups -OCH3 is 1. The average Bonchev–Trinajstić information content (AvgIpc) is 2.90. The maximum Gasteiger partial charge on any atom is 0.153 e. The molecule has 0 N–H and O–H groups in total. The number of aromatic nitrogens is 3. The van der Waals surface area contributed by atoms with E-state index in [1.807, 2.05) is 28.9 Å². The zero-order valence-corrected chi connectivity index (χ0v) is 14.7. The Kier molecular flexibility index (Phi) is 4.39. The molecule has 2 aromatic rings. The molecule has 1 aliphatic rings. The van der Waals surface area contributed by atoms with Gasteiger partial charge in [-0.15, -0.1) is 0 Å². The first-order chi connectivity index (χ1) is 11.0. The molecular formula is C18H26N4O. The van der Waals surface area contributed by atoms with Gasteiger partial charge in [0, 0.05) is 17.9 Å². The van der Waals surface area contributed by atoms with Crippen LogP contribution in [0.1, 0.15) is 50.2 Å². The van der Waals surface area contributed by atoms with Crippen molar-refractivity contribution in [3.05, 3.63) is 35.9 Å². The minimum absolute atomic E-state index is 0.331. The lowest BCUT2D eigenvalue weighted by Crippen LogP contribution is -2.40. The van der Waals surface area contributed by atoms with Crippen molar-refractivity contribution < 1.29 is 4.74 Å². The summed E-state index contributed by atoms with van der Waals surface area (Å²) in [6.07, 6.45) is 2.30. The maximum atomic E-state index is 5.25. The van der Waals surface area contributed by atoms with Gasteiger partial charge in [-0.1, -0.05) is 13.8 Å². The van der Waals surface area contributed by atoms with Crippen molar-refractivity contribution in [3.63, 3.8) is 0 Å². The molecule has 0 spiro atoms. The molecule has 0 aliphatic heterocycles. The third-order valence-corrected chi connectivity index (χ3v) is 4.69. The lowest BCUT2D eigenvalue weighted by molar-refractivity contribution is 0.160. The number of nitrogens with zero attached hydrogens (tertiary/aromatic N) is 4.